The highest BCUT2D eigenvalue weighted by Gasteiger charge is 2.18. The SMILES string of the molecule is C[C@H](OC(=O)c1csc(-c2cnn(C)c2)n1)c1ccccn1. The molecule has 0 unspecified atom stereocenters. The third kappa shape index (κ3) is 3.04. The molecule has 112 valence electrons. The fraction of sp³-hybridized carbons (Fsp3) is 0.200. The van der Waals surface area contributed by atoms with Crippen molar-refractivity contribution in [3.05, 3.63) is 53.6 Å². The Balaban J connectivity index is 1.72. The third-order valence-corrected chi connectivity index (χ3v) is 3.94. The minimum absolute atomic E-state index is 0.298. The van der Waals surface area contributed by atoms with E-state index in [9.17, 15) is 4.79 Å². The van der Waals surface area contributed by atoms with Gasteiger partial charge in [-0.15, -0.1) is 11.3 Å². The molecule has 0 N–H and O–H groups in total. The summed E-state index contributed by atoms with van der Waals surface area (Å²) in [6.07, 6.45) is 4.81. The van der Waals surface area contributed by atoms with Gasteiger partial charge in [-0.25, -0.2) is 9.78 Å². The van der Waals surface area contributed by atoms with Gasteiger partial charge in [0.05, 0.1) is 11.9 Å². The maximum Gasteiger partial charge on any atom is 0.358 e. The van der Waals surface area contributed by atoms with Gasteiger partial charge in [-0.05, 0) is 19.1 Å². The summed E-state index contributed by atoms with van der Waals surface area (Å²) in [6, 6.07) is 5.49. The smallest absolute Gasteiger partial charge is 0.358 e. The Labute approximate surface area is 131 Å². The second-order valence-electron chi connectivity index (χ2n) is 4.74. The molecule has 3 rings (SSSR count). The van der Waals surface area contributed by atoms with Gasteiger partial charge in [-0.1, -0.05) is 6.07 Å². The van der Waals surface area contributed by atoms with Gasteiger partial charge in [0.2, 0.25) is 0 Å². The van der Waals surface area contributed by atoms with Crippen molar-refractivity contribution < 1.29 is 9.53 Å². The van der Waals surface area contributed by atoms with E-state index >= 15 is 0 Å². The van der Waals surface area contributed by atoms with Crippen LogP contribution in [-0.4, -0.2) is 25.7 Å². The molecule has 0 spiro atoms. The Morgan fingerprint density at radius 3 is 2.95 bits per heavy atom. The number of thiazole rings is 1. The molecule has 6 nitrogen and oxygen atoms in total. The van der Waals surface area contributed by atoms with Crippen molar-refractivity contribution >= 4 is 17.3 Å². The van der Waals surface area contributed by atoms with Gasteiger partial charge in [-0.3, -0.25) is 9.67 Å². The number of hydrogen-bond acceptors (Lipinski definition) is 6. The first-order valence-electron chi connectivity index (χ1n) is 6.70. The monoisotopic (exact) mass is 314 g/mol. The molecule has 0 aliphatic rings. The summed E-state index contributed by atoms with van der Waals surface area (Å²) in [5.41, 5.74) is 1.88. The number of hydrogen-bond donors (Lipinski definition) is 0. The van der Waals surface area contributed by atoms with Crippen LogP contribution in [0.4, 0.5) is 0 Å². The van der Waals surface area contributed by atoms with E-state index in [2.05, 4.69) is 15.1 Å². The van der Waals surface area contributed by atoms with Crippen molar-refractivity contribution in [3.63, 3.8) is 0 Å². The molecule has 0 radical (unpaired) electrons. The summed E-state index contributed by atoms with van der Waals surface area (Å²) in [5, 5.41) is 6.53. The van der Waals surface area contributed by atoms with E-state index in [-0.39, 0.29) is 0 Å². The van der Waals surface area contributed by atoms with Crippen molar-refractivity contribution in [1.82, 2.24) is 19.7 Å². The summed E-state index contributed by atoms with van der Waals surface area (Å²) in [4.78, 5) is 20.6. The Bertz CT molecular complexity index is 782. The maximum atomic E-state index is 12.2. The lowest BCUT2D eigenvalue weighted by Crippen LogP contribution is -2.10. The van der Waals surface area contributed by atoms with Crippen LogP contribution >= 0.6 is 11.3 Å². The van der Waals surface area contributed by atoms with Crippen LogP contribution in [-0.2, 0) is 11.8 Å². The zero-order valence-corrected chi connectivity index (χ0v) is 12.9. The van der Waals surface area contributed by atoms with Gasteiger partial charge in [0.1, 0.15) is 11.1 Å². The number of esters is 1. The first kappa shape index (κ1) is 14.4. The molecule has 1 atom stereocenters. The summed E-state index contributed by atoms with van der Waals surface area (Å²) in [5.74, 6) is -0.454. The van der Waals surface area contributed by atoms with Gasteiger partial charge in [0, 0.05) is 30.4 Å². The van der Waals surface area contributed by atoms with E-state index in [0.717, 1.165) is 10.6 Å². The van der Waals surface area contributed by atoms with Crippen LogP contribution in [0.15, 0.2) is 42.2 Å². The average molecular weight is 314 g/mol. The number of carbonyl (C=O) groups excluding carboxylic acids is 1. The van der Waals surface area contributed by atoms with E-state index in [1.165, 1.54) is 11.3 Å². The van der Waals surface area contributed by atoms with Gasteiger partial charge in [0.15, 0.2) is 5.69 Å². The highest BCUT2D eigenvalue weighted by atomic mass is 32.1. The summed E-state index contributed by atoms with van der Waals surface area (Å²) < 4.78 is 7.09. The van der Waals surface area contributed by atoms with Crippen molar-refractivity contribution in [3.8, 4) is 10.6 Å². The molecule has 3 heterocycles. The van der Waals surface area contributed by atoms with Crippen LogP contribution in [0.5, 0.6) is 0 Å². The van der Waals surface area contributed by atoms with Crippen LogP contribution in [0.25, 0.3) is 10.6 Å². The van der Waals surface area contributed by atoms with Crippen molar-refractivity contribution in [2.24, 2.45) is 7.05 Å². The van der Waals surface area contributed by atoms with Gasteiger partial charge >= 0.3 is 5.97 Å². The lowest BCUT2D eigenvalue weighted by molar-refractivity contribution is 0.0323. The molecule has 0 saturated carbocycles. The number of aromatic nitrogens is 4. The second kappa shape index (κ2) is 6.07. The molecule has 0 bridgehead atoms. The fourth-order valence-electron chi connectivity index (χ4n) is 1.93. The highest BCUT2D eigenvalue weighted by Crippen LogP contribution is 2.24. The molecule has 7 heteroatoms. The highest BCUT2D eigenvalue weighted by molar-refractivity contribution is 7.13. The first-order chi connectivity index (χ1) is 10.6. The zero-order valence-electron chi connectivity index (χ0n) is 12.1. The van der Waals surface area contributed by atoms with Crippen molar-refractivity contribution in [2.45, 2.75) is 13.0 Å². The maximum absolute atomic E-state index is 12.2. The third-order valence-electron chi connectivity index (χ3n) is 3.05. The minimum Gasteiger partial charge on any atom is -0.451 e. The normalized spacial score (nSPS) is 12.1. The summed E-state index contributed by atoms with van der Waals surface area (Å²) in [7, 11) is 1.83. The number of ether oxygens (including phenoxy) is 1. The molecule has 3 aromatic rings. The van der Waals surface area contributed by atoms with E-state index in [4.69, 9.17) is 4.74 Å². The minimum atomic E-state index is -0.454. The second-order valence-corrected chi connectivity index (χ2v) is 5.60. The van der Waals surface area contributed by atoms with E-state index in [1.54, 1.807) is 29.4 Å². The topological polar surface area (TPSA) is 69.9 Å². The number of carbonyl (C=O) groups is 1. The lowest BCUT2D eigenvalue weighted by atomic mass is 10.2. The first-order valence-corrected chi connectivity index (χ1v) is 7.58. The van der Waals surface area contributed by atoms with Gasteiger partial charge in [0.25, 0.3) is 0 Å². The van der Waals surface area contributed by atoms with E-state index in [1.807, 2.05) is 31.4 Å². The summed E-state index contributed by atoms with van der Waals surface area (Å²) in [6.45, 7) is 1.79. The average Bonchev–Trinajstić information content (AvgIpc) is 3.16. The van der Waals surface area contributed by atoms with Crippen LogP contribution in [0.1, 0.15) is 29.2 Å². The molecular weight excluding hydrogens is 300 g/mol. The lowest BCUT2D eigenvalue weighted by Gasteiger charge is -2.11. The zero-order chi connectivity index (χ0) is 15.5. The van der Waals surface area contributed by atoms with Crippen molar-refractivity contribution in [2.75, 3.05) is 0 Å². The van der Waals surface area contributed by atoms with Gasteiger partial charge < -0.3 is 4.74 Å². The van der Waals surface area contributed by atoms with Crippen LogP contribution in [0.3, 0.4) is 0 Å². The van der Waals surface area contributed by atoms with Crippen LogP contribution < -0.4 is 0 Å². The molecule has 0 saturated heterocycles. The Morgan fingerprint density at radius 1 is 1.41 bits per heavy atom. The molecule has 0 fully saturated rings. The number of aryl methyl sites for hydroxylation is 1. The molecule has 0 aliphatic heterocycles. The van der Waals surface area contributed by atoms with Crippen LogP contribution in [0.2, 0.25) is 0 Å². The Kier molecular flexibility index (Phi) is 3.97. The molecular formula is C15H14N4O2S. The number of rotatable bonds is 4. The predicted molar refractivity (Wildman–Crippen MR) is 82.4 cm³/mol. The van der Waals surface area contributed by atoms with Gasteiger partial charge in [-0.2, -0.15) is 5.10 Å². The quantitative estimate of drug-likeness (QED) is 0.693. The molecule has 22 heavy (non-hydrogen) atoms. The van der Waals surface area contributed by atoms with E-state index in [0.29, 0.717) is 11.4 Å². The standard InChI is InChI=1S/C15H14N4O2S/c1-10(12-5-3-4-6-16-12)21-15(20)13-9-22-14(18-13)11-7-17-19(2)8-11/h3-10H,1-2H3/t10-/m0/s1. The molecule has 0 aliphatic carbocycles. The van der Waals surface area contributed by atoms with Crippen molar-refractivity contribution in [1.29, 1.82) is 0 Å². The molecule has 3 aromatic heterocycles. The molecule has 0 aromatic carbocycles. The van der Waals surface area contributed by atoms with E-state index < -0.39 is 12.1 Å². The molecule has 0 amide bonds. The Morgan fingerprint density at radius 2 is 2.27 bits per heavy atom. The number of pyridine rings is 1. The predicted octanol–water partition coefficient (Wildman–Crippen LogP) is 2.86. The largest absolute Gasteiger partial charge is 0.451 e. The summed E-state index contributed by atoms with van der Waals surface area (Å²) >= 11 is 1.39. The Hall–Kier alpha value is -2.54. The fourth-order valence-corrected chi connectivity index (χ4v) is 2.69. The van der Waals surface area contributed by atoms with Crippen LogP contribution in [0, 0.1) is 0 Å². The number of nitrogens with zero attached hydrogens (tertiary/aromatic N) is 4.